The molecule has 1 aliphatic rings. The van der Waals surface area contributed by atoms with Crippen molar-refractivity contribution >= 4 is 40.1 Å². The molecule has 0 radical (unpaired) electrons. The molecule has 8 heteroatoms. The van der Waals surface area contributed by atoms with Crippen molar-refractivity contribution in [2.75, 3.05) is 19.4 Å². The molecule has 2 aromatic heterocycles. The first-order valence-electron chi connectivity index (χ1n) is 9.61. The Morgan fingerprint density at radius 1 is 1.34 bits per heavy atom. The van der Waals surface area contributed by atoms with E-state index in [1.165, 1.54) is 12.8 Å². The maximum Gasteiger partial charge on any atom is 0.255 e. The standard InChI is InChI=1S/C21H23ClN6O/c1-11(12-4-5-12)27-21(29)15-9-25-20-19(15)28-17(10-26-20)18(24-3)14-7-6-13(22)8-16(14)23-2/h6-12,23H,4-5H2,1-3H3,(H,25,26)(H,27,29)/b24-18+/t11-/m0/s1. The summed E-state index contributed by atoms with van der Waals surface area (Å²) in [6.45, 7) is 2.04. The molecule has 7 nitrogen and oxygen atoms in total. The van der Waals surface area contributed by atoms with Gasteiger partial charge in [-0.05, 0) is 43.9 Å². The molecule has 3 aromatic rings. The maximum atomic E-state index is 12.8. The minimum Gasteiger partial charge on any atom is -0.388 e. The Morgan fingerprint density at radius 2 is 2.14 bits per heavy atom. The van der Waals surface area contributed by atoms with E-state index in [1.807, 2.05) is 32.2 Å². The van der Waals surface area contributed by atoms with Gasteiger partial charge in [-0.25, -0.2) is 9.97 Å². The van der Waals surface area contributed by atoms with Crippen molar-refractivity contribution in [3.05, 3.63) is 52.4 Å². The number of aromatic nitrogens is 3. The largest absolute Gasteiger partial charge is 0.388 e. The fourth-order valence-electron chi connectivity index (χ4n) is 3.48. The molecule has 4 rings (SSSR count). The molecular formula is C21H23ClN6O. The Balaban J connectivity index is 1.72. The molecule has 0 bridgehead atoms. The summed E-state index contributed by atoms with van der Waals surface area (Å²) < 4.78 is 0. The summed E-state index contributed by atoms with van der Waals surface area (Å²) >= 11 is 6.12. The van der Waals surface area contributed by atoms with Crippen LogP contribution in [-0.4, -0.2) is 46.7 Å². The van der Waals surface area contributed by atoms with Gasteiger partial charge in [-0.3, -0.25) is 9.79 Å². The van der Waals surface area contributed by atoms with Crippen LogP contribution in [0.1, 0.15) is 41.4 Å². The van der Waals surface area contributed by atoms with E-state index >= 15 is 0 Å². The summed E-state index contributed by atoms with van der Waals surface area (Å²) in [6, 6.07) is 5.69. The lowest BCUT2D eigenvalue weighted by Gasteiger charge is -2.13. The van der Waals surface area contributed by atoms with Crippen molar-refractivity contribution in [2.45, 2.75) is 25.8 Å². The van der Waals surface area contributed by atoms with Gasteiger partial charge in [0.1, 0.15) is 11.2 Å². The Hall–Kier alpha value is -2.93. The molecule has 1 amide bonds. The second-order valence-electron chi connectivity index (χ2n) is 7.27. The number of anilines is 1. The fraction of sp³-hybridized carbons (Fsp3) is 0.333. The summed E-state index contributed by atoms with van der Waals surface area (Å²) in [5, 5.41) is 6.84. The monoisotopic (exact) mass is 410 g/mol. The average Bonchev–Trinajstić information content (AvgIpc) is 3.49. The number of amides is 1. The number of aliphatic imine (C=N–C) groups is 1. The molecule has 1 saturated carbocycles. The molecule has 2 heterocycles. The van der Waals surface area contributed by atoms with E-state index in [1.54, 1.807) is 19.4 Å². The first kappa shape index (κ1) is 19.4. The van der Waals surface area contributed by atoms with Gasteiger partial charge in [-0.1, -0.05) is 11.6 Å². The molecule has 0 saturated heterocycles. The summed E-state index contributed by atoms with van der Waals surface area (Å²) in [4.78, 5) is 29.4. The number of carbonyl (C=O) groups excluding carboxylic acids is 1. The smallest absolute Gasteiger partial charge is 0.255 e. The molecule has 1 atom stereocenters. The minimum atomic E-state index is -0.139. The lowest BCUT2D eigenvalue weighted by atomic mass is 10.0. The van der Waals surface area contributed by atoms with Crippen LogP contribution in [0.3, 0.4) is 0 Å². The van der Waals surface area contributed by atoms with Gasteiger partial charge in [0.2, 0.25) is 0 Å². The van der Waals surface area contributed by atoms with Gasteiger partial charge in [0.05, 0.1) is 17.5 Å². The normalized spacial score (nSPS) is 15.4. The van der Waals surface area contributed by atoms with E-state index in [2.05, 4.69) is 25.6 Å². The second-order valence-corrected chi connectivity index (χ2v) is 7.70. The van der Waals surface area contributed by atoms with E-state index in [0.29, 0.717) is 39.1 Å². The Morgan fingerprint density at radius 3 is 2.83 bits per heavy atom. The first-order valence-corrected chi connectivity index (χ1v) is 9.99. The number of aromatic amines is 1. The third kappa shape index (κ3) is 3.82. The SMILES string of the molecule is C/N=C(/c1cnc2[nH]cc(C(=O)N[C@@H](C)C3CC3)c2n1)c1ccc(Cl)cc1NC. The molecule has 150 valence electrons. The van der Waals surface area contributed by atoms with Crippen LogP contribution in [0.15, 0.2) is 35.6 Å². The maximum absolute atomic E-state index is 12.8. The molecule has 0 aliphatic heterocycles. The molecule has 1 aliphatic carbocycles. The highest BCUT2D eigenvalue weighted by Gasteiger charge is 2.29. The zero-order valence-corrected chi connectivity index (χ0v) is 17.3. The van der Waals surface area contributed by atoms with Gasteiger partial charge < -0.3 is 15.6 Å². The number of hydrogen-bond acceptors (Lipinski definition) is 5. The highest BCUT2D eigenvalue weighted by molar-refractivity contribution is 6.31. The summed E-state index contributed by atoms with van der Waals surface area (Å²) in [5.41, 5.74) is 4.54. The van der Waals surface area contributed by atoms with Gasteiger partial charge in [0.15, 0.2) is 5.65 Å². The Bertz CT molecular complexity index is 1100. The highest BCUT2D eigenvalue weighted by atomic mass is 35.5. The zero-order chi connectivity index (χ0) is 20.5. The van der Waals surface area contributed by atoms with Crippen molar-refractivity contribution in [1.82, 2.24) is 20.3 Å². The molecule has 0 unspecified atom stereocenters. The molecule has 1 aromatic carbocycles. The van der Waals surface area contributed by atoms with E-state index in [9.17, 15) is 4.79 Å². The van der Waals surface area contributed by atoms with Crippen molar-refractivity contribution in [3.8, 4) is 0 Å². The first-order chi connectivity index (χ1) is 14.0. The highest BCUT2D eigenvalue weighted by Crippen LogP contribution is 2.32. The number of fused-ring (bicyclic) bond motifs is 1. The number of nitrogens with one attached hydrogen (secondary N) is 3. The predicted octanol–water partition coefficient (Wildman–Crippen LogP) is 3.65. The number of rotatable bonds is 6. The van der Waals surface area contributed by atoms with Crippen LogP contribution in [-0.2, 0) is 0 Å². The number of hydrogen-bond donors (Lipinski definition) is 3. The van der Waals surface area contributed by atoms with Crippen LogP contribution in [0.2, 0.25) is 5.02 Å². The molecule has 0 spiro atoms. The van der Waals surface area contributed by atoms with Gasteiger partial charge in [-0.2, -0.15) is 0 Å². The average molecular weight is 411 g/mol. The van der Waals surface area contributed by atoms with Crippen molar-refractivity contribution in [3.63, 3.8) is 0 Å². The van der Waals surface area contributed by atoms with Crippen LogP contribution in [0.4, 0.5) is 5.69 Å². The fourth-order valence-corrected chi connectivity index (χ4v) is 3.65. The summed E-state index contributed by atoms with van der Waals surface area (Å²) in [7, 11) is 3.53. The van der Waals surface area contributed by atoms with Crippen LogP contribution in [0.5, 0.6) is 0 Å². The minimum absolute atomic E-state index is 0.139. The molecule has 1 fully saturated rings. The molecular weight excluding hydrogens is 388 g/mol. The Kier molecular flexibility index (Phi) is 5.24. The quantitative estimate of drug-likeness (QED) is 0.540. The van der Waals surface area contributed by atoms with E-state index < -0.39 is 0 Å². The van der Waals surface area contributed by atoms with Gasteiger partial charge >= 0.3 is 0 Å². The van der Waals surface area contributed by atoms with E-state index in [-0.39, 0.29) is 11.9 Å². The number of H-pyrrole nitrogens is 1. The molecule has 3 N–H and O–H groups in total. The van der Waals surface area contributed by atoms with Crippen molar-refractivity contribution in [2.24, 2.45) is 10.9 Å². The lowest BCUT2D eigenvalue weighted by Crippen LogP contribution is -2.33. The lowest BCUT2D eigenvalue weighted by molar-refractivity contribution is 0.0937. The van der Waals surface area contributed by atoms with Gasteiger partial charge in [-0.15, -0.1) is 0 Å². The summed E-state index contributed by atoms with van der Waals surface area (Å²) in [6.07, 6.45) is 5.66. The summed E-state index contributed by atoms with van der Waals surface area (Å²) in [5.74, 6) is 0.439. The number of halogens is 1. The number of benzene rings is 1. The third-order valence-corrected chi connectivity index (χ3v) is 5.52. The van der Waals surface area contributed by atoms with Crippen molar-refractivity contribution in [1.29, 1.82) is 0 Å². The van der Waals surface area contributed by atoms with Gasteiger partial charge in [0, 0.05) is 42.6 Å². The third-order valence-electron chi connectivity index (χ3n) is 5.29. The second kappa shape index (κ2) is 7.83. The number of carbonyl (C=O) groups is 1. The van der Waals surface area contributed by atoms with Crippen LogP contribution < -0.4 is 10.6 Å². The van der Waals surface area contributed by atoms with Crippen LogP contribution in [0, 0.1) is 5.92 Å². The Labute approximate surface area is 174 Å². The zero-order valence-electron chi connectivity index (χ0n) is 16.6. The topological polar surface area (TPSA) is 95.1 Å². The van der Waals surface area contributed by atoms with Crippen LogP contribution in [0.25, 0.3) is 11.2 Å². The van der Waals surface area contributed by atoms with Crippen molar-refractivity contribution < 1.29 is 4.79 Å². The van der Waals surface area contributed by atoms with E-state index in [4.69, 9.17) is 16.6 Å². The van der Waals surface area contributed by atoms with E-state index in [0.717, 1.165) is 11.3 Å². The van der Waals surface area contributed by atoms with Crippen LogP contribution >= 0.6 is 11.6 Å². The number of nitrogens with zero attached hydrogens (tertiary/aromatic N) is 3. The van der Waals surface area contributed by atoms with Gasteiger partial charge in [0.25, 0.3) is 5.91 Å². The predicted molar refractivity (Wildman–Crippen MR) is 116 cm³/mol. The molecule has 29 heavy (non-hydrogen) atoms.